The monoisotopic (exact) mass is 422 g/mol. The van der Waals surface area contributed by atoms with Crippen LogP contribution < -0.4 is 10.6 Å². The molecule has 0 bridgehead atoms. The van der Waals surface area contributed by atoms with Crippen LogP contribution >= 0.6 is 15.9 Å². The van der Waals surface area contributed by atoms with E-state index in [9.17, 15) is 4.79 Å². The lowest BCUT2D eigenvalue weighted by molar-refractivity contribution is -0.129. The number of likely N-dealkylation sites (tertiary alicyclic amines) is 1. The van der Waals surface area contributed by atoms with Crippen LogP contribution in [0, 0.1) is 0 Å². The molecule has 5 nitrogen and oxygen atoms in total. The fourth-order valence-corrected chi connectivity index (χ4v) is 3.37. The highest BCUT2D eigenvalue weighted by molar-refractivity contribution is 9.10. The van der Waals surface area contributed by atoms with Crippen molar-refractivity contribution in [3.63, 3.8) is 0 Å². The van der Waals surface area contributed by atoms with Gasteiger partial charge < -0.3 is 15.5 Å². The van der Waals surface area contributed by atoms with Crippen molar-refractivity contribution in [3.05, 3.63) is 34.3 Å². The summed E-state index contributed by atoms with van der Waals surface area (Å²) in [4.78, 5) is 18.6. The highest BCUT2D eigenvalue weighted by Gasteiger charge is 2.26. The highest BCUT2D eigenvalue weighted by atomic mass is 79.9. The lowest BCUT2D eigenvalue weighted by Crippen LogP contribution is -2.45. The Kier molecular flexibility index (Phi) is 7.50. The summed E-state index contributed by atoms with van der Waals surface area (Å²) in [5.41, 5.74) is 1.21. The number of guanidine groups is 1. The van der Waals surface area contributed by atoms with E-state index >= 15 is 0 Å². The molecular weight excluding hydrogens is 392 g/mol. The minimum atomic E-state index is -0.0526. The Bertz CT molecular complexity index is 627. The van der Waals surface area contributed by atoms with Crippen molar-refractivity contribution < 1.29 is 4.79 Å². The number of amides is 1. The summed E-state index contributed by atoms with van der Waals surface area (Å²) in [6, 6.07) is 8.69. The van der Waals surface area contributed by atoms with Crippen molar-refractivity contribution in [2.24, 2.45) is 4.99 Å². The Hall–Kier alpha value is -1.56. The highest BCUT2D eigenvalue weighted by Crippen LogP contribution is 2.25. The van der Waals surface area contributed by atoms with Crippen LogP contribution in [-0.4, -0.2) is 49.0 Å². The van der Waals surface area contributed by atoms with E-state index in [1.807, 2.05) is 11.8 Å². The first kappa shape index (κ1) is 20.7. The molecule has 0 aliphatic carbocycles. The van der Waals surface area contributed by atoms with Crippen molar-refractivity contribution in [1.82, 2.24) is 15.5 Å². The van der Waals surface area contributed by atoms with Gasteiger partial charge in [0.25, 0.3) is 0 Å². The number of carbonyl (C=O) groups excluding carboxylic acids is 1. The quantitative estimate of drug-likeness (QED) is 0.546. The number of carbonyl (C=O) groups is 1. The predicted molar refractivity (Wildman–Crippen MR) is 112 cm³/mol. The molecule has 2 N–H and O–H groups in total. The van der Waals surface area contributed by atoms with Crippen molar-refractivity contribution in [1.29, 1.82) is 0 Å². The molecule has 1 unspecified atom stereocenters. The zero-order chi connectivity index (χ0) is 19.2. The number of nitrogens with one attached hydrogen (secondary N) is 2. The molecule has 1 aliphatic heterocycles. The SMILES string of the molecule is CCNC(=NCC(C)(C)c1ccc(Br)cc1)NC1CCN(C(=O)CC)C1. The Labute approximate surface area is 165 Å². The number of rotatable bonds is 6. The molecule has 0 aromatic heterocycles. The molecule has 1 atom stereocenters. The second kappa shape index (κ2) is 9.40. The average Bonchev–Trinajstić information content (AvgIpc) is 3.08. The van der Waals surface area contributed by atoms with Crippen molar-refractivity contribution in [2.45, 2.75) is 52.0 Å². The van der Waals surface area contributed by atoms with Gasteiger partial charge in [-0.2, -0.15) is 0 Å². The van der Waals surface area contributed by atoms with E-state index in [1.54, 1.807) is 0 Å². The predicted octanol–water partition coefficient (Wildman–Crippen LogP) is 3.29. The molecule has 0 saturated carbocycles. The number of aliphatic imine (C=N–C) groups is 1. The Balaban J connectivity index is 2.00. The zero-order valence-electron chi connectivity index (χ0n) is 16.3. The third-order valence-corrected chi connectivity index (χ3v) is 5.32. The third kappa shape index (κ3) is 5.73. The topological polar surface area (TPSA) is 56.7 Å². The molecule has 1 aromatic rings. The summed E-state index contributed by atoms with van der Waals surface area (Å²) in [7, 11) is 0. The molecule has 6 heteroatoms. The van der Waals surface area contributed by atoms with Crippen LogP contribution in [0.5, 0.6) is 0 Å². The number of halogens is 1. The molecule has 2 rings (SSSR count). The molecule has 144 valence electrons. The molecule has 26 heavy (non-hydrogen) atoms. The van der Waals surface area contributed by atoms with Crippen LogP contribution in [0.3, 0.4) is 0 Å². The maximum Gasteiger partial charge on any atom is 0.222 e. The lowest BCUT2D eigenvalue weighted by Gasteiger charge is -2.25. The summed E-state index contributed by atoms with van der Waals surface area (Å²) in [6.45, 7) is 11.5. The molecule has 0 radical (unpaired) electrons. The first-order chi connectivity index (χ1) is 12.4. The normalized spacial score (nSPS) is 18.1. The number of hydrogen-bond donors (Lipinski definition) is 2. The Morgan fingerprint density at radius 3 is 2.62 bits per heavy atom. The fraction of sp³-hybridized carbons (Fsp3) is 0.600. The summed E-state index contributed by atoms with van der Waals surface area (Å²) in [5, 5.41) is 6.83. The standard InChI is InChI=1S/C20H31BrN4O/c1-5-18(26)25-12-11-17(13-25)24-19(22-6-2)23-14-20(3,4)15-7-9-16(21)10-8-15/h7-10,17H,5-6,11-14H2,1-4H3,(H2,22,23,24). The molecule has 1 aromatic carbocycles. The van der Waals surface area contributed by atoms with E-state index in [1.165, 1.54) is 5.56 Å². The van der Waals surface area contributed by atoms with E-state index in [4.69, 9.17) is 4.99 Å². The van der Waals surface area contributed by atoms with Gasteiger partial charge in [-0.25, -0.2) is 0 Å². The van der Waals surface area contributed by atoms with E-state index in [0.29, 0.717) is 13.0 Å². The van der Waals surface area contributed by atoms with E-state index in [-0.39, 0.29) is 17.4 Å². The smallest absolute Gasteiger partial charge is 0.222 e. The van der Waals surface area contributed by atoms with E-state index < -0.39 is 0 Å². The number of benzene rings is 1. The van der Waals surface area contributed by atoms with Crippen LogP contribution in [0.25, 0.3) is 0 Å². The van der Waals surface area contributed by atoms with Gasteiger partial charge in [-0.1, -0.05) is 48.8 Å². The first-order valence-electron chi connectivity index (χ1n) is 9.44. The molecule has 0 spiro atoms. The molecule has 1 saturated heterocycles. The van der Waals surface area contributed by atoms with Crippen LogP contribution in [-0.2, 0) is 10.2 Å². The third-order valence-electron chi connectivity index (χ3n) is 4.79. The molecule has 1 amide bonds. The minimum absolute atomic E-state index is 0.0526. The summed E-state index contributed by atoms with van der Waals surface area (Å²) in [6.07, 6.45) is 1.54. The maximum absolute atomic E-state index is 11.9. The van der Waals surface area contributed by atoms with Gasteiger partial charge in [0.1, 0.15) is 0 Å². The van der Waals surface area contributed by atoms with Gasteiger partial charge in [-0.05, 0) is 31.0 Å². The van der Waals surface area contributed by atoms with Gasteiger partial charge >= 0.3 is 0 Å². The molecule has 1 fully saturated rings. The Morgan fingerprint density at radius 1 is 1.31 bits per heavy atom. The molecule has 1 aliphatic rings. The van der Waals surface area contributed by atoms with E-state index in [0.717, 1.165) is 36.5 Å². The zero-order valence-corrected chi connectivity index (χ0v) is 17.9. The van der Waals surface area contributed by atoms with Crippen molar-refractivity contribution >= 4 is 27.8 Å². The van der Waals surface area contributed by atoms with Crippen LogP contribution in [0.4, 0.5) is 0 Å². The van der Waals surface area contributed by atoms with Gasteiger partial charge in [0.05, 0.1) is 6.54 Å². The summed E-state index contributed by atoms with van der Waals surface area (Å²) < 4.78 is 1.09. The van der Waals surface area contributed by atoms with Crippen LogP contribution in [0.1, 0.15) is 46.1 Å². The lowest BCUT2D eigenvalue weighted by atomic mass is 9.85. The van der Waals surface area contributed by atoms with Crippen LogP contribution in [0.15, 0.2) is 33.7 Å². The van der Waals surface area contributed by atoms with Crippen molar-refractivity contribution in [3.8, 4) is 0 Å². The number of nitrogens with zero attached hydrogens (tertiary/aromatic N) is 2. The number of hydrogen-bond acceptors (Lipinski definition) is 2. The maximum atomic E-state index is 11.9. The minimum Gasteiger partial charge on any atom is -0.357 e. The first-order valence-corrected chi connectivity index (χ1v) is 10.2. The fourth-order valence-electron chi connectivity index (χ4n) is 3.11. The molecular formula is C20H31BrN4O. The summed E-state index contributed by atoms with van der Waals surface area (Å²) in [5.74, 6) is 1.06. The largest absolute Gasteiger partial charge is 0.357 e. The van der Waals surface area contributed by atoms with Gasteiger partial charge in [0.2, 0.25) is 5.91 Å². The van der Waals surface area contributed by atoms with Gasteiger partial charge in [-0.3, -0.25) is 9.79 Å². The van der Waals surface area contributed by atoms with E-state index in [2.05, 4.69) is 71.6 Å². The van der Waals surface area contributed by atoms with Gasteiger partial charge in [0, 0.05) is 42.0 Å². The molecule has 1 heterocycles. The average molecular weight is 423 g/mol. The van der Waals surface area contributed by atoms with Gasteiger partial charge in [0.15, 0.2) is 5.96 Å². The van der Waals surface area contributed by atoms with Crippen LogP contribution in [0.2, 0.25) is 0 Å². The summed E-state index contributed by atoms with van der Waals surface area (Å²) >= 11 is 3.49. The van der Waals surface area contributed by atoms with Crippen molar-refractivity contribution in [2.75, 3.05) is 26.2 Å². The second-order valence-electron chi connectivity index (χ2n) is 7.41. The Morgan fingerprint density at radius 2 is 2.00 bits per heavy atom. The second-order valence-corrected chi connectivity index (χ2v) is 8.32. The van der Waals surface area contributed by atoms with Gasteiger partial charge in [-0.15, -0.1) is 0 Å².